The largest absolute Gasteiger partial charge is 0.327 e. The van der Waals surface area contributed by atoms with Crippen molar-refractivity contribution in [1.29, 1.82) is 0 Å². The molecule has 1 heteroatoms. The molecule has 0 saturated heterocycles. The van der Waals surface area contributed by atoms with Gasteiger partial charge in [-0.3, -0.25) is 0 Å². The lowest BCUT2D eigenvalue weighted by atomic mass is 10.0. The molecule has 2 N–H and O–H groups in total. The molecule has 1 fully saturated rings. The highest BCUT2D eigenvalue weighted by Crippen LogP contribution is 2.33. The van der Waals surface area contributed by atoms with E-state index < -0.39 is 0 Å². The Morgan fingerprint density at radius 2 is 1.75 bits per heavy atom. The Kier molecular flexibility index (Phi) is 4.07. The number of hydrogen-bond donors (Lipinski definition) is 1. The van der Waals surface area contributed by atoms with E-state index in [9.17, 15) is 0 Å². The van der Waals surface area contributed by atoms with Crippen LogP contribution in [0.4, 0.5) is 0 Å². The summed E-state index contributed by atoms with van der Waals surface area (Å²) in [6.07, 6.45) is 8.14. The first-order valence-corrected chi connectivity index (χ1v) is 5.45. The molecule has 0 spiro atoms. The van der Waals surface area contributed by atoms with Crippen molar-refractivity contribution in [3.05, 3.63) is 0 Å². The highest BCUT2D eigenvalue weighted by molar-refractivity contribution is 4.83. The molecule has 0 aromatic carbocycles. The Balaban J connectivity index is 1.87. The average molecular weight is 169 g/mol. The molecule has 12 heavy (non-hydrogen) atoms. The Bertz CT molecular complexity index is 116. The Morgan fingerprint density at radius 3 is 2.25 bits per heavy atom. The lowest BCUT2D eigenvalue weighted by molar-refractivity contribution is 0.476. The zero-order valence-corrected chi connectivity index (χ0v) is 8.55. The summed E-state index contributed by atoms with van der Waals surface area (Å²) in [6.45, 7) is 4.58. The molecule has 1 atom stereocenters. The predicted octanol–water partition coefficient (Wildman–Crippen LogP) is 2.94. The van der Waals surface area contributed by atoms with E-state index in [-0.39, 0.29) is 0 Å². The van der Waals surface area contributed by atoms with Crippen LogP contribution in [0.5, 0.6) is 0 Å². The molecule has 0 aliphatic heterocycles. The molecule has 0 heterocycles. The van der Waals surface area contributed by atoms with Gasteiger partial charge in [-0.15, -0.1) is 0 Å². The Labute approximate surface area is 76.7 Å². The van der Waals surface area contributed by atoms with E-state index in [0.717, 1.165) is 11.8 Å². The van der Waals surface area contributed by atoms with Crippen LogP contribution in [-0.2, 0) is 0 Å². The lowest BCUT2D eigenvalue weighted by Crippen LogP contribution is -2.21. The second kappa shape index (κ2) is 4.86. The molecule has 1 unspecified atom stereocenters. The number of hydrogen-bond acceptors (Lipinski definition) is 1. The van der Waals surface area contributed by atoms with Gasteiger partial charge in [-0.1, -0.05) is 33.1 Å². The van der Waals surface area contributed by atoms with E-state index in [1.54, 1.807) is 0 Å². The topological polar surface area (TPSA) is 26.0 Å². The van der Waals surface area contributed by atoms with Crippen LogP contribution in [0.25, 0.3) is 0 Å². The summed E-state index contributed by atoms with van der Waals surface area (Å²) < 4.78 is 0. The van der Waals surface area contributed by atoms with E-state index in [0.29, 0.717) is 6.04 Å². The van der Waals surface area contributed by atoms with Gasteiger partial charge in [-0.05, 0) is 31.1 Å². The molecule has 1 aliphatic carbocycles. The van der Waals surface area contributed by atoms with Gasteiger partial charge in [0.2, 0.25) is 0 Å². The zero-order valence-electron chi connectivity index (χ0n) is 8.55. The van der Waals surface area contributed by atoms with Crippen LogP contribution >= 0.6 is 0 Å². The van der Waals surface area contributed by atoms with E-state index in [1.165, 1.54) is 38.5 Å². The molecule has 0 aromatic rings. The van der Waals surface area contributed by atoms with E-state index in [1.807, 2.05) is 0 Å². The second-order valence-electron chi connectivity index (χ2n) is 4.68. The van der Waals surface area contributed by atoms with E-state index >= 15 is 0 Å². The molecule has 1 rings (SSSR count). The van der Waals surface area contributed by atoms with Gasteiger partial charge in [-0.25, -0.2) is 0 Å². The smallest absolute Gasteiger partial charge is 0.00671 e. The van der Waals surface area contributed by atoms with Gasteiger partial charge in [0.1, 0.15) is 0 Å². The fourth-order valence-corrected chi connectivity index (χ4v) is 1.69. The van der Waals surface area contributed by atoms with Gasteiger partial charge in [0.05, 0.1) is 0 Å². The molecule has 0 bridgehead atoms. The molecule has 72 valence electrons. The monoisotopic (exact) mass is 169 g/mol. The zero-order chi connectivity index (χ0) is 8.97. The van der Waals surface area contributed by atoms with Crippen molar-refractivity contribution in [1.82, 2.24) is 0 Å². The molecule has 1 aliphatic rings. The lowest BCUT2D eigenvalue weighted by Gasteiger charge is -2.10. The van der Waals surface area contributed by atoms with Gasteiger partial charge >= 0.3 is 0 Å². The van der Waals surface area contributed by atoms with Gasteiger partial charge in [-0.2, -0.15) is 0 Å². The van der Waals surface area contributed by atoms with Crippen LogP contribution in [0.2, 0.25) is 0 Å². The first-order chi connectivity index (χ1) is 5.70. The third kappa shape index (κ3) is 4.10. The number of unbranched alkanes of at least 4 members (excludes halogenated alkanes) is 1. The summed E-state index contributed by atoms with van der Waals surface area (Å²) in [7, 11) is 0. The molecular formula is C11H23N. The van der Waals surface area contributed by atoms with Crippen LogP contribution in [0.3, 0.4) is 0 Å². The first kappa shape index (κ1) is 10.0. The first-order valence-electron chi connectivity index (χ1n) is 5.45. The highest BCUT2D eigenvalue weighted by Gasteiger charge is 2.27. The van der Waals surface area contributed by atoms with Gasteiger partial charge in [0, 0.05) is 6.04 Å². The Morgan fingerprint density at radius 1 is 1.17 bits per heavy atom. The third-order valence-corrected chi connectivity index (χ3v) is 2.80. The minimum atomic E-state index is 0.525. The minimum absolute atomic E-state index is 0.525. The third-order valence-electron chi connectivity index (χ3n) is 2.80. The maximum absolute atomic E-state index is 6.00. The summed E-state index contributed by atoms with van der Waals surface area (Å²) in [5, 5.41) is 0. The molecule has 0 radical (unpaired) electrons. The van der Waals surface area contributed by atoms with Gasteiger partial charge < -0.3 is 5.73 Å². The average Bonchev–Trinajstić information content (AvgIpc) is 2.79. The van der Waals surface area contributed by atoms with Crippen molar-refractivity contribution in [3.63, 3.8) is 0 Å². The molecule has 0 amide bonds. The van der Waals surface area contributed by atoms with Crippen LogP contribution in [0, 0.1) is 11.8 Å². The predicted molar refractivity (Wildman–Crippen MR) is 54.0 cm³/mol. The van der Waals surface area contributed by atoms with Crippen molar-refractivity contribution >= 4 is 0 Å². The maximum atomic E-state index is 6.00. The number of rotatable bonds is 6. The van der Waals surface area contributed by atoms with Gasteiger partial charge in [0.25, 0.3) is 0 Å². The SMILES string of the molecule is CC(C)CCCCC(N)C1CC1. The molecular weight excluding hydrogens is 146 g/mol. The summed E-state index contributed by atoms with van der Waals surface area (Å²) in [4.78, 5) is 0. The van der Waals surface area contributed by atoms with Crippen molar-refractivity contribution < 1.29 is 0 Å². The standard InChI is InChI=1S/C11H23N/c1-9(2)5-3-4-6-11(12)10-7-8-10/h9-11H,3-8,12H2,1-2H3. The second-order valence-corrected chi connectivity index (χ2v) is 4.68. The van der Waals surface area contributed by atoms with Crippen molar-refractivity contribution in [2.24, 2.45) is 17.6 Å². The summed E-state index contributed by atoms with van der Waals surface area (Å²) >= 11 is 0. The number of nitrogens with two attached hydrogens (primary N) is 1. The summed E-state index contributed by atoms with van der Waals surface area (Å²) in [6, 6.07) is 0.525. The maximum Gasteiger partial charge on any atom is 0.00671 e. The summed E-state index contributed by atoms with van der Waals surface area (Å²) in [5.74, 6) is 1.76. The molecule has 1 saturated carbocycles. The fraction of sp³-hybridized carbons (Fsp3) is 1.00. The van der Waals surface area contributed by atoms with E-state index in [4.69, 9.17) is 5.73 Å². The fourth-order valence-electron chi connectivity index (χ4n) is 1.69. The van der Waals surface area contributed by atoms with Crippen molar-refractivity contribution in [3.8, 4) is 0 Å². The quantitative estimate of drug-likeness (QED) is 0.608. The van der Waals surface area contributed by atoms with Crippen molar-refractivity contribution in [2.75, 3.05) is 0 Å². The van der Waals surface area contributed by atoms with Crippen LogP contribution < -0.4 is 5.73 Å². The normalized spacial score (nSPS) is 20.0. The van der Waals surface area contributed by atoms with E-state index in [2.05, 4.69) is 13.8 Å². The highest BCUT2D eigenvalue weighted by atomic mass is 14.7. The van der Waals surface area contributed by atoms with Gasteiger partial charge in [0.15, 0.2) is 0 Å². The minimum Gasteiger partial charge on any atom is -0.327 e. The molecule has 1 nitrogen and oxygen atoms in total. The van der Waals surface area contributed by atoms with Crippen LogP contribution in [0.1, 0.15) is 52.4 Å². The summed E-state index contributed by atoms with van der Waals surface area (Å²) in [5.41, 5.74) is 6.00. The Hall–Kier alpha value is -0.0400. The van der Waals surface area contributed by atoms with Crippen molar-refractivity contribution in [2.45, 2.75) is 58.4 Å². The van der Waals surface area contributed by atoms with Crippen LogP contribution in [-0.4, -0.2) is 6.04 Å². The molecule has 0 aromatic heterocycles. The van der Waals surface area contributed by atoms with Crippen LogP contribution in [0.15, 0.2) is 0 Å².